The Morgan fingerprint density at radius 1 is 1.09 bits per heavy atom. The van der Waals surface area contributed by atoms with Gasteiger partial charge in [-0.05, 0) is 37.0 Å². The molecule has 1 atom stereocenters. The molecular weight excluding hydrogens is 422 g/mol. The van der Waals surface area contributed by atoms with E-state index in [-0.39, 0.29) is 13.2 Å². The van der Waals surface area contributed by atoms with Gasteiger partial charge in [-0.2, -0.15) is 4.98 Å². The van der Waals surface area contributed by atoms with Crippen LogP contribution >= 0.6 is 0 Å². The molecule has 1 aliphatic heterocycles. The number of hydrogen-bond donors (Lipinski definition) is 1. The average Bonchev–Trinajstić information content (AvgIpc) is 2.99. The summed E-state index contributed by atoms with van der Waals surface area (Å²) >= 11 is 0. The Bertz CT molecular complexity index is 1230. The van der Waals surface area contributed by atoms with Crippen LogP contribution in [0.1, 0.15) is 38.2 Å². The first-order valence-electron chi connectivity index (χ1n) is 11.7. The van der Waals surface area contributed by atoms with Gasteiger partial charge in [0.2, 0.25) is 5.95 Å². The molecule has 0 saturated carbocycles. The van der Waals surface area contributed by atoms with Gasteiger partial charge in [0.15, 0.2) is 11.2 Å². The standard InChI is InChI=1S/C24H33N5O4/c1-4-17-10-9-11-19(14-17)33-16-18(30)15-29-20-21(26(2)24(32)27(3)22(20)31)25-23(29)28-12-7-5-6-8-13-28/h9-11,14,18,30H,4-8,12-13,15-16H2,1-3H3/t18-/m0/s1. The lowest BCUT2D eigenvalue weighted by atomic mass is 10.2. The Hall–Kier alpha value is -3.07. The Morgan fingerprint density at radius 2 is 1.82 bits per heavy atom. The molecule has 0 aliphatic carbocycles. The SMILES string of the molecule is CCc1cccc(OC[C@@H](O)Cn2c(N3CCCCCC3)nc3c2c(=O)n(C)c(=O)n3C)c1. The molecule has 1 fully saturated rings. The topological polar surface area (TPSA) is 94.5 Å². The van der Waals surface area contributed by atoms with Crippen molar-refractivity contribution in [3.05, 3.63) is 50.7 Å². The second-order valence-electron chi connectivity index (χ2n) is 8.77. The molecule has 9 heteroatoms. The third-order valence-electron chi connectivity index (χ3n) is 6.36. The predicted molar refractivity (Wildman–Crippen MR) is 128 cm³/mol. The summed E-state index contributed by atoms with van der Waals surface area (Å²) in [6.07, 6.45) is 4.44. The molecule has 1 N–H and O–H groups in total. The number of hydrogen-bond acceptors (Lipinski definition) is 6. The smallest absolute Gasteiger partial charge is 0.332 e. The summed E-state index contributed by atoms with van der Waals surface area (Å²) in [6, 6.07) is 7.81. The Morgan fingerprint density at radius 3 is 2.52 bits per heavy atom. The predicted octanol–water partition coefficient (Wildman–Crippen LogP) is 1.82. The zero-order valence-electron chi connectivity index (χ0n) is 19.7. The fourth-order valence-corrected chi connectivity index (χ4v) is 4.43. The molecule has 0 spiro atoms. The zero-order valence-corrected chi connectivity index (χ0v) is 19.7. The van der Waals surface area contributed by atoms with Crippen molar-refractivity contribution >= 4 is 17.1 Å². The van der Waals surface area contributed by atoms with Gasteiger partial charge >= 0.3 is 5.69 Å². The van der Waals surface area contributed by atoms with Gasteiger partial charge in [0, 0.05) is 27.2 Å². The van der Waals surface area contributed by atoms with E-state index in [0.717, 1.165) is 55.3 Å². The van der Waals surface area contributed by atoms with Crippen molar-refractivity contribution in [1.82, 2.24) is 18.7 Å². The molecule has 4 rings (SSSR count). The lowest BCUT2D eigenvalue weighted by Crippen LogP contribution is -2.38. The Labute approximate surface area is 192 Å². The van der Waals surface area contributed by atoms with Crippen LogP contribution in [0.25, 0.3) is 11.2 Å². The highest BCUT2D eigenvalue weighted by Crippen LogP contribution is 2.23. The molecule has 2 aromatic heterocycles. The number of imidazole rings is 1. The first-order chi connectivity index (χ1) is 15.9. The summed E-state index contributed by atoms with van der Waals surface area (Å²) in [4.78, 5) is 32.4. The van der Waals surface area contributed by atoms with E-state index in [1.54, 1.807) is 11.6 Å². The number of nitrogens with zero attached hydrogens (tertiary/aromatic N) is 5. The van der Waals surface area contributed by atoms with Gasteiger partial charge < -0.3 is 19.3 Å². The number of anilines is 1. The molecule has 1 saturated heterocycles. The number of ether oxygens (including phenoxy) is 1. The summed E-state index contributed by atoms with van der Waals surface area (Å²) in [6.45, 7) is 3.96. The fourth-order valence-electron chi connectivity index (χ4n) is 4.43. The van der Waals surface area contributed by atoms with Crippen LogP contribution in [0.5, 0.6) is 5.75 Å². The van der Waals surface area contributed by atoms with Gasteiger partial charge in [0.1, 0.15) is 18.5 Å². The highest BCUT2D eigenvalue weighted by molar-refractivity contribution is 5.74. The number of aliphatic hydroxyl groups excluding tert-OH is 1. The molecule has 1 aromatic carbocycles. The minimum Gasteiger partial charge on any atom is -0.491 e. The summed E-state index contributed by atoms with van der Waals surface area (Å²) in [7, 11) is 3.08. The van der Waals surface area contributed by atoms with Crippen LogP contribution < -0.4 is 20.9 Å². The largest absolute Gasteiger partial charge is 0.491 e. The number of aliphatic hydroxyl groups is 1. The summed E-state index contributed by atoms with van der Waals surface area (Å²) in [5, 5.41) is 10.9. The number of fused-ring (bicyclic) bond motifs is 1. The van der Waals surface area contributed by atoms with Gasteiger partial charge in [-0.1, -0.05) is 31.9 Å². The van der Waals surface area contributed by atoms with Crippen molar-refractivity contribution in [1.29, 1.82) is 0 Å². The normalized spacial score (nSPS) is 15.6. The van der Waals surface area contributed by atoms with Crippen LogP contribution in [0.2, 0.25) is 0 Å². The van der Waals surface area contributed by atoms with Crippen LogP contribution in [0.15, 0.2) is 33.9 Å². The highest BCUT2D eigenvalue weighted by atomic mass is 16.5. The Balaban J connectivity index is 1.68. The van der Waals surface area contributed by atoms with Gasteiger partial charge in [-0.15, -0.1) is 0 Å². The van der Waals surface area contributed by atoms with Gasteiger partial charge in [0.25, 0.3) is 5.56 Å². The van der Waals surface area contributed by atoms with Crippen LogP contribution in [0, 0.1) is 0 Å². The number of rotatable bonds is 7. The van der Waals surface area contributed by atoms with Crippen molar-refractivity contribution < 1.29 is 9.84 Å². The van der Waals surface area contributed by atoms with Gasteiger partial charge in [-0.3, -0.25) is 13.9 Å². The first kappa shape index (κ1) is 23.1. The lowest BCUT2D eigenvalue weighted by molar-refractivity contribution is 0.0936. The van der Waals surface area contributed by atoms with E-state index >= 15 is 0 Å². The monoisotopic (exact) mass is 455 g/mol. The van der Waals surface area contributed by atoms with E-state index in [1.165, 1.54) is 11.6 Å². The van der Waals surface area contributed by atoms with Crippen molar-refractivity contribution in [2.75, 3.05) is 24.6 Å². The molecule has 9 nitrogen and oxygen atoms in total. The van der Waals surface area contributed by atoms with E-state index in [1.807, 2.05) is 24.3 Å². The highest BCUT2D eigenvalue weighted by Gasteiger charge is 2.25. The second kappa shape index (κ2) is 9.82. The van der Waals surface area contributed by atoms with E-state index in [2.05, 4.69) is 11.8 Å². The van der Waals surface area contributed by atoms with Crippen molar-refractivity contribution in [3.8, 4) is 5.75 Å². The van der Waals surface area contributed by atoms with Crippen LogP contribution in [-0.2, 0) is 27.1 Å². The maximum absolute atomic E-state index is 13.1. The maximum Gasteiger partial charge on any atom is 0.332 e. The average molecular weight is 456 g/mol. The number of aromatic nitrogens is 4. The molecule has 3 aromatic rings. The summed E-state index contributed by atoms with van der Waals surface area (Å²) in [5.41, 5.74) is 0.997. The third kappa shape index (κ3) is 4.68. The van der Waals surface area contributed by atoms with Gasteiger partial charge in [0.05, 0.1) is 6.54 Å². The van der Waals surface area contributed by atoms with E-state index in [9.17, 15) is 14.7 Å². The molecule has 0 unspecified atom stereocenters. The molecule has 178 valence electrons. The summed E-state index contributed by atoms with van der Waals surface area (Å²) in [5.74, 6) is 1.33. The third-order valence-corrected chi connectivity index (χ3v) is 6.36. The number of aryl methyl sites for hydroxylation is 2. The van der Waals surface area contributed by atoms with Crippen LogP contribution in [0.4, 0.5) is 5.95 Å². The van der Waals surface area contributed by atoms with Crippen molar-refractivity contribution in [2.24, 2.45) is 14.1 Å². The lowest BCUT2D eigenvalue weighted by Gasteiger charge is -2.23. The summed E-state index contributed by atoms with van der Waals surface area (Å²) < 4.78 is 10.1. The van der Waals surface area contributed by atoms with Crippen LogP contribution in [0.3, 0.4) is 0 Å². The molecule has 0 amide bonds. The molecule has 3 heterocycles. The molecule has 0 bridgehead atoms. The molecule has 1 aliphatic rings. The number of benzene rings is 1. The van der Waals surface area contributed by atoms with E-state index < -0.39 is 17.4 Å². The molecule has 0 radical (unpaired) electrons. The van der Waals surface area contributed by atoms with Crippen molar-refractivity contribution in [3.63, 3.8) is 0 Å². The van der Waals surface area contributed by atoms with E-state index in [0.29, 0.717) is 22.9 Å². The minimum absolute atomic E-state index is 0.0817. The fraction of sp³-hybridized carbons (Fsp3) is 0.542. The molecule has 33 heavy (non-hydrogen) atoms. The zero-order chi connectivity index (χ0) is 23.5. The van der Waals surface area contributed by atoms with E-state index in [4.69, 9.17) is 9.72 Å². The minimum atomic E-state index is -0.861. The second-order valence-corrected chi connectivity index (χ2v) is 8.77. The van der Waals surface area contributed by atoms with Crippen molar-refractivity contribution in [2.45, 2.75) is 51.7 Å². The van der Waals surface area contributed by atoms with Gasteiger partial charge in [-0.25, -0.2) is 4.79 Å². The molecular formula is C24H33N5O4. The first-order valence-corrected chi connectivity index (χ1v) is 11.7. The Kier molecular flexibility index (Phi) is 6.88. The maximum atomic E-state index is 13.1. The van der Waals surface area contributed by atoms with Crippen LogP contribution in [-0.4, -0.2) is 49.6 Å². The quantitative estimate of drug-likeness (QED) is 0.584.